The van der Waals surface area contributed by atoms with Crippen molar-refractivity contribution in [2.45, 2.75) is 9.79 Å². The van der Waals surface area contributed by atoms with E-state index < -0.39 is 22.7 Å². The second-order valence-corrected chi connectivity index (χ2v) is 5.29. The molecule has 0 fully saturated rings. The number of benzene rings is 2. The predicted octanol–water partition coefficient (Wildman–Crippen LogP) is 2.09. The first-order chi connectivity index (χ1) is 9.52. The van der Waals surface area contributed by atoms with Gasteiger partial charge in [-0.2, -0.15) is 0 Å². The van der Waals surface area contributed by atoms with E-state index in [2.05, 4.69) is 0 Å². The minimum absolute atomic E-state index is 0. The quantitative estimate of drug-likeness (QED) is 0.837. The van der Waals surface area contributed by atoms with E-state index in [9.17, 15) is 13.8 Å². The number of aromatic carboxylic acids is 2. The Morgan fingerprint density at radius 2 is 1.14 bits per heavy atom. The Hall–Kier alpha value is -1.21. The van der Waals surface area contributed by atoms with Crippen LogP contribution in [0.3, 0.4) is 0 Å². The number of rotatable bonds is 4. The smallest absolute Gasteiger partial charge is 1.00 e. The van der Waals surface area contributed by atoms with Crippen LogP contribution in [0, 0.1) is 0 Å². The van der Waals surface area contributed by atoms with Gasteiger partial charge in [0.2, 0.25) is 0 Å². The first kappa shape index (κ1) is 17.8. The van der Waals surface area contributed by atoms with Gasteiger partial charge in [0.05, 0.1) is 31.7 Å². The minimum Gasteiger partial charge on any atom is -1.00 e. The molecule has 7 heteroatoms. The molecule has 0 saturated carbocycles. The Balaban J connectivity index is 0. The summed E-state index contributed by atoms with van der Waals surface area (Å²) in [7, 11) is -1.87. The Kier molecular flexibility index (Phi) is 6.54. The maximum absolute atomic E-state index is 12.5. The monoisotopic (exact) mass is 332 g/mol. The second kappa shape index (κ2) is 7.70. The van der Waals surface area contributed by atoms with E-state index in [0.29, 0.717) is 0 Å². The van der Waals surface area contributed by atoms with Gasteiger partial charge in [0.15, 0.2) is 0 Å². The van der Waals surface area contributed by atoms with Crippen molar-refractivity contribution in [1.29, 1.82) is 0 Å². The number of hydrogen-bond acceptors (Lipinski definition) is 3. The van der Waals surface area contributed by atoms with Crippen LogP contribution in [0.5, 0.6) is 0 Å². The Morgan fingerprint density at radius 3 is 1.48 bits per heavy atom. The molecule has 2 aromatic carbocycles. The third-order valence-corrected chi connectivity index (χ3v) is 4.15. The summed E-state index contributed by atoms with van der Waals surface area (Å²) in [6.45, 7) is 0. The Morgan fingerprint density at radius 1 is 0.810 bits per heavy atom. The molecule has 0 amide bonds. The van der Waals surface area contributed by atoms with Gasteiger partial charge in [-0.3, -0.25) is 0 Å². The summed E-state index contributed by atoms with van der Waals surface area (Å²) in [4.78, 5) is 22.4. The fourth-order valence-corrected chi connectivity index (χ4v) is 3.08. The molecule has 0 aliphatic rings. The van der Waals surface area contributed by atoms with Crippen LogP contribution in [0.25, 0.3) is 0 Å². The summed E-state index contributed by atoms with van der Waals surface area (Å²) in [5, 5.41) is 18.2. The first-order valence-corrected chi connectivity index (χ1v) is 6.73. The van der Waals surface area contributed by atoms with Gasteiger partial charge in [-0.15, -0.1) is 0 Å². The molecule has 0 radical (unpaired) electrons. The van der Waals surface area contributed by atoms with Crippen LogP contribution in [0.15, 0.2) is 58.3 Å². The van der Waals surface area contributed by atoms with Gasteiger partial charge in [-0.1, -0.05) is 24.3 Å². The van der Waals surface area contributed by atoms with Crippen molar-refractivity contribution in [1.82, 2.24) is 0 Å². The number of hydrogen-bond donors (Lipinski definition) is 2. The molecule has 0 aliphatic carbocycles. The maximum atomic E-state index is 12.5. The first-order valence-electron chi connectivity index (χ1n) is 5.59. The minimum atomic E-state index is -1.87. The number of carboxylic acids is 2. The molecule has 5 nitrogen and oxygen atoms in total. The zero-order valence-corrected chi connectivity index (χ0v) is 13.9. The Labute approximate surface area is 156 Å². The number of carbonyl (C=O) groups is 2. The van der Waals surface area contributed by atoms with Gasteiger partial charge in [-0.25, -0.2) is 13.8 Å². The molecule has 0 unspecified atom stereocenters. The fraction of sp³-hybridized carbons (Fsp3) is 0. The van der Waals surface area contributed by atoms with Crippen molar-refractivity contribution in [2.24, 2.45) is 0 Å². The van der Waals surface area contributed by atoms with Crippen LogP contribution in [0.2, 0.25) is 0 Å². The second-order valence-electron chi connectivity index (χ2n) is 3.87. The summed E-state index contributed by atoms with van der Waals surface area (Å²) < 4.78 is 12.5. The molecule has 0 aromatic heterocycles. The molecule has 2 aromatic rings. The molecule has 2 rings (SSSR count). The van der Waals surface area contributed by atoms with E-state index in [1.165, 1.54) is 36.4 Å². The summed E-state index contributed by atoms with van der Waals surface area (Å²) in [6, 6.07) is 11.7. The van der Waals surface area contributed by atoms with Gasteiger partial charge < -0.3 is 13.1 Å². The molecule has 0 heterocycles. The molecule has 106 valence electrons. The van der Waals surface area contributed by atoms with E-state index in [1.807, 2.05) is 0 Å². The van der Waals surface area contributed by atoms with Crippen molar-refractivity contribution >= 4 is 60.5 Å². The summed E-state index contributed by atoms with van der Waals surface area (Å²) in [5.41, 5.74) is -0.211. The molecule has 2 N–H and O–H groups in total. The molecule has 0 atom stereocenters. The van der Waals surface area contributed by atoms with Crippen molar-refractivity contribution in [2.75, 3.05) is 0 Å². The van der Waals surface area contributed by atoms with Gasteiger partial charge in [-0.05, 0) is 24.3 Å². The average molecular weight is 332 g/mol. The zero-order chi connectivity index (χ0) is 14.7. The van der Waals surface area contributed by atoms with Gasteiger partial charge in [0.1, 0.15) is 0 Å². The van der Waals surface area contributed by atoms with E-state index >= 15 is 0 Å². The number of carboxylic acid groups (broad SMARTS) is 2. The van der Waals surface area contributed by atoms with Gasteiger partial charge >= 0.3 is 49.7 Å². The molecular formula is C14H12CaO5S. The zero-order valence-electron chi connectivity index (χ0n) is 12.9. The van der Waals surface area contributed by atoms with Crippen LogP contribution in [0.4, 0.5) is 0 Å². The topological polar surface area (TPSA) is 91.7 Å². The Bertz CT molecular complexity index is 664. The van der Waals surface area contributed by atoms with Crippen LogP contribution in [-0.4, -0.2) is 64.1 Å². The third-order valence-electron chi connectivity index (χ3n) is 2.63. The van der Waals surface area contributed by atoms with Gasteiger partial charge in [0, 0.05) is 0 Å². The molecule has 21 heavy (non-hydrogen) atoms. The molecule has 0 bridgehead atoms. The van der Waals surface area contributed by atoms with Crippen LogP contribution in [-0.2, 0) is 10.8 Å². The fourth-order valence-electron chi connectivity index (χ4n) is 1.73. The van der Waals surface area contributed by atoms with Crippen LogP contribution in [0.1, 0.15) is 23.6 Å². The van der Waals surface area contributed by atoms with E-state index in [4.69, 9.17) is 10.2 Å². The van der Waals surface area contributed by atoms with Crippen molar-refractivity contribution in [3.05, 3.63) is 59.7 Å². The summed E-state index contributed by atoms with van der Waals surface area (Å²) in [6.07, 6.45) is 0. The standard InChI is InChI=1S/C14H10O5S.Ca.2H/c15-13(16)9-5-1-3-7-11(9)20(19)12-8-4-2-6-10(12)14(17)18;;;/h1-8H,(H,15,16)(H,17,18);;;/q;+2;2*-1. The van der Waals surface area contributed by atoms with Gasteiger partial charge in [0.25, 0.3) is 0 Å². The normalized spacial score (nSPS) is 9.95. The SMILES string of the molecule is O=C(O)c1ccccc1S(=O)c1ccccc1C(=O)O.[Ca+2].[H-].[H-]. The van der Waals surface area contributed by atoms with Crippen molar-refractivity contribution in [3.63, 3.8) is 0 Å². The van der Waals surface area contributed by atoms with Crippen LogP contribution >= 0.6 is 0 Å². The third kappa shape index (κ3) is 3.91. The molecular weight excluding hydrogens is 320 g/mol. The largest absolute Gasteiger partial charge is 2.00 e. The maximum Gasteiger partial charge on any atom is 2.00 e. The predicted molar refractivity (Wildman–Crippen MR) is 79.5 cm³/mol. The van der Waals surface area contributed by atoms with Crippen molar-refractivity contribution < 1.29 is 26.9 Å². The van der Waals surface area contributed by atoms with E-state index in [1.54, 1.807) is 12.1 Å². The summed E-state index contributed by atoms with van der Waals surface area (Å²) in [5.74, 6) is -2.41. The van der Waals surface area contributed by atoms with E-state index in [0.717, 1.165) is 0 Å². The molecule has 0 saturated heterocycles. The average Bonchev–Trinajstić information content (AvgIpc) is 2.46. The molecule has 0 aliphatic heterocycles. The molecule has 0 spiro atoms. The summed E-state index contributed by atoms with van der Waals surface area (Å²) >= 11 is 0. The van der Waals surface area contributed by atoms with Crippen molar-refractivity contribution in [3.8, 4) is 0 Å². The van der Waals surface area contributed by atoms with E-state index in [-0.39, 0.29) is 61.5 Å². The van der Waals surface area contributed by atoms with Crippen LogP contribution < -0.4 is 0 Å².